The highest BCUT2D eigenvalue weighted by atomic mass is 79.9. The fourth-order valence-electron chi connectivity index (χ4n) is 0.566. The molecule has 0 amide bonds. The van der Waals surface area contributed by atoms with Crippen molar-refractivity contribution in [3.63, 3.8) is 0 Å². The maximum Gasteiger partial charge on any atom is 0.0377 e. The second-order valence-electron chi connectivity index (χ2n) is 1.64. The molecule has 50 valence electrons. The maximum atomic E-state index is 3.40. The third-order valence-corrected chi connectivity index (χ3v) is 4.02. The van der Waals surface area contributed by atoms with Crippen LogP contribution in [-0.4, -0.2) is 0 Å². The molecule has 0 unspecified atom stereocenters. The van der Waals surface area contributed by atoms with E-state index in [1.165, 1.54) is 9.75 Å². The van der Waals surface area contributed by atoms with Gasteiger partial charge in [-0.05, 0) is 12.1 Å². The monoisotopic (exact) mass is 268 g/mol. The van der Waals surface area contributed by atoms with E-state index >= 15 is 0 Å². The molecule has 1 aromatic rings. The van der Waals surface area contributed by atoms with Crippen LogP contribution in [0.4, 0.5) is 0 Å². The van der Waals surface area contributed by atoms with Gasteiger partial charge in [0.05, 0.1) is 0 Å². The summed E-state index contributed by atoms with van der Waals surface area (Å²) in [4.78, 5) is 2.79. The molecule has 0 aliphatic carbocycles. The number of alkyl halides is 2. The van der Waals surface area contributed by atoms with Crippen molar-refractivity contribution in [3.05, 3.63) is 21.9 Å². The quantitative estimate of drug-likeness (QED) is 0.721. The molecule has 1 heterocycles. The molecule has 0 nitrogen and oxygen atoms in total. The molecule has 0 fully saturated rings. The van der Waals surface area contributed by atoms with E-state index in [9.17, 15) is 0 Å². The van der Waals surface area contributed by atoms with Gasteiger partial charge >= 0.3 is 0 Å². The predicted molar refractivity (Wildman–Crippen MR) is 49.6 cm³/mol. The number of rotatable bonds is 2. The first kappa shape index (κ1) is 7.76. The molecule has 0 aliphatic heterocycles. The van der Waals surface area contributed by atoms with Gasteiger partial charge in [-0.3, -0.25) is 0 Å². The zero-order valence-electron chi connectivity index (χ0n) is 4.73. The highest BCUT2D eigenvalue weighted by Gasteiger charge is 1.94. The van der Waals surface area contributed by atoms with E-state index in [0.29, 0.717) is 0 Å². The smallest absolute Gasteiger partial charge is 0.0377 e. The summed E-state index contributed by atoms with van der Waals surface area (Å²) >= 11 is 8.63. The Morgan fingerprint density at radius 2 is 1.56 bits per heavy atom. The minimum atomic E-state index is 0.977. The van der Waals surface area contributed by atoms with E-state index in [4.69, 9.17) is 0 Å². The summed E-state index contributed by atoms with van der Waals surface area (Å²) in [6.45, 7) is 0. The van der Waals surface area contributed by atoms with E-state index in [0.717, 1.165) is 10.7 Å². The van der Waals surface area contributed by atoms with E-state index in [-0.39, 0.29) is 0 Å². The second-order valence-corrected chi connectivity index (χ2v) is 4.01. The van der Waals surface area contributed by atoms with Crippen molar-refractivity contribution >= 4 is 43.2 Å². The van der Waals surface area contributed by atoms with E-state index < -0.39 is 0 Å². The van der Waals surface area contributed by atoms with Crippen molar-refractivity contribution < 1.29 is 0 Å². The lowest BCUT2D eigenvalue weighted by atomic mass is 10.5. The second kappa shape index (κ2) is 3.74. The third-order valence-electron chi connectivity index (χ3n) is 0.981. The summed E-state index contributed by atoms with van der Waals surface area (Å²) in [7, 11) is 0. The normalized spacial score (nSPS) is 10.0. The Morgan fingerprint density at radius 1 is 1.11 bits per heavy atom. The SMILES string of the molecule is BrCc1ccc(CBr)s1. The van der Waals surface area contributed by atoms with E-state index in [1.54, 1.807) is 0 Å². The Labute approximate surface area is 75.5 Å². The molecule has 0 atom stereocenters. The van der Waals surface area contributed by atoms with Crippen molar-refractivity contribution in [2.75, 3.05) is 0 Å². The first-order valence-corrected chi connectivity index (χ1v) is 5.62. The lowest BCUT2D eigenvalue weighted by Gasteiger charge is -1.82. The van der Waals surface area contributed by atoms with Crippen molar-refractivity contribution in [1.29, 1.82) is 0 Å². The van der Waals surface area contributed by atoms with Crippen LogP contribution in [0, 0.1) is 0 Å². The summed E-state index contributed by atoms with van der Waals surface area (Å²) in [5.74, 6) is 0. The van der Waals surface area contributed by atoms with Crippen LogP contribution < -0.4 is 0 Å². The molecule has 1 rings (SSSR count). The molecule has 0 N–H and O–H groups in total. The van der Waals surface area contributed by atoms with Crippen LogP contribution in [0.25, 0.3) is 0 Å². The Balaban J connectivity index is 2.74. The molecule has 0 aliphatic rings. The Bertz CT molecular complexity index is 164. The molecule has 1 aromatic heterocycles. The van der Waals surface area contributed by atoms with E-state index in [1.807, 2.05) is 11.3 Å². The Morgan fingerprint density at radius 3 is 1.78 bits per heavy atom. The molecule has 0 radical (unpaired) electrons. The van der Waals surface area contributed by atoms with Crippen molar-refractivity contribution in [3.8, 4) is 0 Å². The Hall–Kier alpha value is 0.660. The first-order valence-electron chi connectivity index (χ1n) is 2.56. The van der Waals surface area contributed by atoms with Gasteiger partial charge in [-0.15, -0.1) is 11.3 Å². The summed E-state index contributed by atoms with van der Waals surface area (Å²) in [6, 6.07) is 4.30. The average Bonchev–Trinajstić information content (AvgIpc) is 2.34. The first-order chi connectivity index (χ1) is 4.36. The summed E-state index contributed by atoms with van der Waals surface area (Å²) in [5.41, 5.74) is 0. The minimum absolute atomic E-state index is 0.977. The summed E-state index contributed by atoms with van der Waals surface area (Å²) in [5, 5.41) is 1.95. The van der Waals surface area contributed by atoms with Crippen LogP contribution in [0.2, 0.25) is 0 Å². The maximum absolute atomic E-state index is 3.40. The lowest BCUT2D eigenvalue weighted by molar-refractivity contribution is 1.56. The summed E-state index contributed by atoms with van der Waals surface area (Å²) < 4.78 is 0. The number of hydrogen-bond acceptors (Lipinski definition) is 1. The van der Waals surface area contributed by atoms with Gasteiger partial charge in [0, 0.05) is 20.4 Å². The molecule has 0 spiro atoms. The minimum Gasteiger partial charge on any atom is -0.144 e. The van der Waals surface area contributed by atoms with Crippen LogP contribution >= 0.6 is 43.2 Å². The standard InChI is InChI=1S/C6H6Br2S/c7-3-5-1-2-6(4-8)9-5/h1-2H,3-4H2. The molecule has 9 heavy (non-hydrogen) atoms. The fourth-order valence-corrected chi connectivity index (χ4v) is 2.34. The van der Waals surface area contributed by atoms with Gasteiger partial charge in [-0.25, -0.2) is 0 Å². The third kappa shape index (κ3) is 2.06. The van der Waals surface area contributed by atoms with Gasteiger partial charge in [0.15, 0.2) is 0 Å². The zero-order chi connectivity index (χ0) is 6.69. The van der Waals surface area contributed by atoms with Crippen LogP contribution in [0.3, 0.4) is 0 Å². The average molecular weight is 270 g/mol. The zero-order valence-corrected chi connectivity index (χ0v) is 8.72. The van der Waals surface area contributed by atoms with Crippen LogP contribution in [-0.2, 0) is 10.7 Å². The van der Waals surface area contributed by atoms with E-state index in [2.05, 4.69) is 44.0 Å². The topological polar surface area (TPSA) is 0 Å². The molecule has 3 heteroatoms. The molecule has 0 aromatic carbocycles. The van der Waals surface area contributed by atoms with Gasteiger partial charge in [0.2, 0.25) is 0 Å². The fraction of sp³-hybridized carbons (Fsp3) is 0.333. The molecule has 0 saturated carbocycles. The van der Waals surface area contributed by atoms with Crippen LogP contribution in [0.5, 0.6) is 0 Å². The van der Waals surface area contributed by atoms with Gasteiger partial charge in [0.1, 0.15) is 0 Å². The molecular formula is C6H6Br2S. The lowest BCUT2D eigenvalue weighted by Crippen LogP contribution is -1.60. The van der Waals surface area contributed by atoms with Crippen LogP contribution in [0.15, 0.2) is 12.1 Å². The van der Waals surface area contributed by atoms with Crippen molar-refractivity contribution in [2.24, 2.45) is 0 Å². The van der Waals surface area contributed by atoms with Gasteiger partial charge in [-0.1, -0.05) is 31.9 Å². The van der Waals surface area contributed by atoms with Gasteiger partial charge < -0.3 is 0 Å². The number of hydrogen-bond donors (Lipinski definition) is 0. The van der Waals surface area contributed by atoms with Crippen molar-refractivity contribution in [1.82, 2.24) is 0 Å². The largest absolute Gasteiger partial charge is 0.144 e. The summed E-state index contributed by atoms with van der Waals surface area (Å²) in [6.07, 6.45) is 0. The highest BCUT2D eigenvalue weighted by molar-refractivity contribution is 9.08. The van der Waals surface area contributed by atoms with Crippen LogP contribution in [0.1, 0.15) is 9.75 Å². The van der Waals surface area contributed by atoms with Crippen molar-refractivity contribution in [2.45, 2.75) is 10.7 Å². The molecule has 0 saturated heterocycles. The number of halogens is 2. The predicted octanol–water partition coefficient (Wildman–Crippen LogP) is 3.54. The van der Waals surface area contributed by atoms with Gasteiger partial charge in [-0.2, -0.15) is 0 Å². The molecular weight excluding hydrogens is 264 g/mol. The molecule has 0 bridgehead atoms. The highest BCUT2D eigenvalue weighted by Crippen LogP contribution is 2.20. The Kier molecular flexibility index (Phi) is 3.22. The number of thiophene rings is 1. The van der Waals surface area contributed by atoms with Gasteiger partial charge in [0.25, 0.3) is 0 Å².